The van der Waals surface area contributed by atoms with Crippen molar-refractivity contribution in [3.05, 3.63) is 0 Å². The van der Waals surface area contributed by atoms with Gasteiger partial charge in [-0.05, 0) is 31.2 Å². The van der Waals surface area contributed by atoms with Gasteiger partial charge in [-0.3, -0.25) is 4.90 Å². The normalized spacial score (nSPS) is 24.7. The van der Waals surface area contributed by atoms with E-state index in [0.29, 0.717) is 24.1 Å². The minimum atomic E-state index is 0.319. The summed E-state index contributed by atoms with van der Waals surface area (Å²) < 4.78 is 0. The molecule has 18 heavy (non-hydrogen) atoms. The Kier molecular flexibility index (Phi) is 6.61. The summed E-state index contributed by atoms with van der Waals surface area (Å²) in [6.45, 7) is 12.7. The van der Waals surface area contributed by atoms with E-state index in [1.165, 1.54) is 19.3 Å². The summed E-state index contributed by atoms with van der Waals surface area (Å²) in [6.07, 6.45) is 4.89. The van der Waals surface area contributed by atoms with Gasteiger partial charge in [0, 0.05) is 25.2 Å². The fourth-order valence-electron chi connectivity index (χ4n) is 3.08. The molecule has 0 aromatic rings. The van der Waals surface area contributed by atoms with Crippen LogP contribution >= 0.6 is 0 Å². The number of nitrogens with zero attached hydrogens (tertiary/aromatic N) is 1. The van der Waals surface area contributed by atoms with Gasteiger partial charge in [-0.1, -0.05) is 34.1 Å². The Labute approximate surface area is 113 Å². The maximum atomic E-state index is 9.42. The first-order valence-corrected chi connectivity index (χ1v) is 7.59. The van der Waals surface area contributed by atoms with Crippen LogP contribution < -0.4 is 5.32 Å². The summed E-state index contributed by atoms with van der Waals surface area (Å²) in [4.78, 5) is 2.50. The molecule has 108 valence electrons. The topological polar surface area (TPSA) is 35.5 Å². The highest BCUT2D eigenvalue weighted by Crippen LogP contribution is 2.28. The Morgan fingerprint density at radius 2 is 2.17 bits per heavy atom. The maximum Gasteiger partial charge on any atom is 0.0586 e. The van der Waals surface area contributed by atoms with Crippen LogP contribution in [0.5, 0.6) is 0 Å². The lowest BCUT2D eigenvalue weighted by atomic mass is 9.84. The maximum absolute atomic E-state index is 9.42. The van der Waals surface area contributed by atoms with Crippen molar-refractivity contribution in [1.29, 1.82) is 0 Å². The van der Waals surface area contributed by atoms with E-state index in [2.05, 4.69) is 37.9 Å². The van der Waals surface area contributed by atoms with Crippen LogP contribution in [0.1, 0.15) is 53.4 Å². The molecule has 1 fully saturated rings. The first kappa shape index (κ1) is 15.9. The summed E-state index contributed by atoms with van der Waals surface area (Å²) >= 11 is 0. The first-order valence-electron chi connectivity index (χ1n) is 7.59. The third-order valence-corrected chi connectivity index (χ3v) is 4.09. The third kappa shape index (κ3) is 4.87. The SMILES string of the molecule is CCCC(C)(CNC(C)C)CN1CCCC1CO. The molecule has 0 aliphatic carbocycles. The van der Waals surface area contributed by atoms with Gasteiger partial charge in [-0.25, -0.2) is 0 Å². The molecule has 1 rings (SSSR count). The van der Waals surface area contributed by atoms with Crippen molar-refractivity contribution in [3.63, 3.8) is 0 Å². The number of nitrogens with one attached hydrogen (secondary N) is 1. The van der Waals surface area contributed by atoms with Crippen molar-refractivity contribution in [1.82, 2.24) is 10.2 Å². The van der Waals surface area contributed by atoms with E-state index >= 15 is 0 Å². The first-order chi connectivity index (χ1) is 8.50. The second-order valence-electron chi connectivity index (χ2n) is 6.55. The van der Waals surface area contributed by atoms with Gasteiger partial charge >= 0.3 is 0 Å². The number of hydrogen-bond acceptors (Lipinski definition) is 3. The molecule has 0 bridgehead atoms. The van der Waals surface area contributed by atoms with Crippen molar-refractivity contribution in [2.75, 3.05) is 26.2 Å². The summed E-state index contributed by atoms with van der Waals surface area (Å²) in [5.41, 5.74) is 0.330. The zero-order valence-electron chi connectivity index (χ0n) is 12.7. The molecule has 3 heteroatoms. The highest BCUT2D eigenvalue weighted by molar-refractivity contribution is 4.87. The number of likely N-dealkylation sites (tertiary alicyclic amines) is 1. The van der Waals surface area contributed by atoms with Gasteiger partial charge in [-0.2, -0.15) is 0 Å². The fraction of sp³-hybridized carbons (Fsp3) is 1.00. The second-order valence-corrected chi connectivity index (χ2v) is 6.55. The van der Waals surface area contributed by atoms with E-state index in [1.54, 1.807) is 0 Å². The minimum absolute atomic E-state index is 0.319. The Hall–Kier alpha value is -0.120. The van der Waals surface area contributed by atoms with Crippen molar-refractivity contribution in [2.24, 2.45) is 5.41 Å². The van der Waals surface area contributed by atoms with Crippen LogP contribution in [0.3, 0.4) is 0 Å². The summed E-state index contributed by atoms with van der Waals surface area (Å²) in [5, 5.41) is 13.0. The average molecular weight is 256 g/mol. The molecule has 0 radical (unpaired) electrons. The van der Waals surface area contributed by atoms with Crippen molar-refractivity contribution in [2.45, 2.75) is 65.5 Å². The molecule has 0 spiro atoms. The molecule has 1 aliphatic rings. The Bertz CT molecular complexity index is 233. The largest absolute Gasteiger partial charge is 0.395 e. The summed E-state index contributed by atoms with van der Waals surface area (Å²) in [7, 11) is 0. The molecular weight excluding hydrogens is 224 g/mol. The lowest BCUT2D eigenvalue weighted by Gasteiger charge is -2.37. The molecule has 2 atom stereocenters. The van der Waals surface area contributed by atoms with Crippen LogP contribution in [0, 0.1) is 5.41 Å². The Morgan fingerprint density at radius 3 is 2.72 bits per heavy atom. The predicted molar refractivity (Wildman–Crippen MR) is 77.8 cm³/mol. The van der Waals surface area contributed by atoms with Crippen LogP contribution in [-0.2, 0) is 0 Å². The molecule has 2 unspecified atom stereocenters. The van der Waals surface area contributed by atoms with E-state index in [1.807, 2.05) is 0 Å². The van der Waals surface area contributed by atoms with Gasteiger partial charge in [0.25, 0.3) is 0 Å². The van der Waals surface area contributed by atoms with Gasteiger partial charge < -0.3 is 10.4 Å². The molecular formula is C15H32N2O. The highest BCUT2D eigenvalue weighted by atomic mass is 16.3. The Morgan fingerprint density at radius 1 is 1.44 bits per heavy atom. The smallest absolute Gasteiger partial charge is 0.0586 e. The molecule has 1 aliphatic heterocycles. The number of hydrogen-bond donors (Lipinski definition) is 2. The fourth-order valence-corrected chi connectivity index (χ4v) is 3.08. The summed E-state index contributed by atoms with van der Waals surface area (Å²) in [6, 6.07) is 0.952. The molecule has 0 aromatic heterocycles. The quantitative estimate of drug-likeness (QED) is 0.699. The number of aliphatic hydroxyl groups is 1. The van der Waals surface area contributed by atoms with Gasteiger partial charge in [0.05, 0.1) is 6.61 Å². The number of aliphatic hydroxyl groups excluding tert-OH is 1. The predicted octanol–water partition coefficient (Wildman–Crippen LogP) is 2.25. The van der Waals surface area contributed by atoms with Crippen LogP contribution in [0.4, 0.5) is 0 Å². The van der Waals surface area contributed by atoms with Crippen molar-refractivity contribution >= 4 is 0 Å². The van der Waals surface area contributed by atoms with E-state index < -0.39 is 0 Å². The van der Waals surface area contributed by atoms with Gasteiger partial charge in [0.15, 0.2) is 0 Å². The highest BCUT2D eigenvalue weighted by Gasteiger charge is 2.31. The molecule has 0 amide bonds. The minimum Gasteiger partial charge on any atom is -0.395 e. The van der Waals surface area contributed by atoms with E-state index in [0.717, 1.165) is 26.1 Å². The molecule has 0 saturated carbocycles. The van der Waals surface area contributed by atoms with Crippen LogP contribution in [0.15, 0.2) is 0 Å². The molecule has 1 saturated heterocycles. The average Bonchev–Trinajstić information content (AvgIpc) is 2.74. The molecule has 3 nitrogen and oxygen atoms in total. The zero-order valence-corrected chi connectivity index (χ0v) is 12.7. The lowest BCUT2D eigenvalue weighted by Crippen LogP contribution is -2.46. The van der Waals surface area contributed by atoms with Gasteiger partial charge in [0.2, 0.25) is 0 Å². The van der Waals surface area contributed by atoms with E-state index in [9.17, 15) is 5.11 Å². The van der Waals surface area contributed by atoms with Crippen LogP contribution in [0.2, 0.25) is 0 Å². The Balaban J connectivity index is 2.54. The number of rotatable bonds is 8. The van der Waals surface area contributed by atoms with Gasteiger partial charge in [0.1, 0.15) is 0 Å². The lowest BCUT2D eigenvalue weighted by molar-refractivity contribution is 0.102. The van der Waals surface area contributed by atoms with Crippen LogP contribution in [0.25, 0.3) is 0 Å². The van der Waals surface area contributed by atoms with Crippen LogP contribution in [-0.4, -0.2) is 48.3 Å². The molecule has 2 N–H and O–H groups in total. The van der Waals surface area contributed by atoms with Crippen molar-refractivity contribution < 1.29 is 5.11 Å². The monoisotopic (exact) mass is 256 g/mol. The molecule has 0 aromatic carbocycles. The standard InChI is InChI=1S/C15H32N2O/c1-5-8-15(4,11-16-13(2)3)12-17-9-6-7-14(17)10-18/h13-14,16,18H,5-12H2,1-4H3. The molecule has 1 heterocycles. The third-order valence-electron chi connectivity index (χ3n) is 4.09. The van der Waals surface area contributed by atoms with E-state index in [-0.39, 0.29) is 0 Å². The van der Waals surface area contributed by atoms with Gasteiger partial charge in [-0.15, -0.1) is 0 Å². The zero-order chi connectivity index (χ0) is 13.6. The summed E-state index contributed by atoms with van der Waals surface area (Å²) in [5.74, 6) is 0. The van der Waals surface area contributed by atoms with Crippen molar-refractivity contribution in [3.8, 4) is 0 Å². The second kappa shape index (κ2) is 7.46. The van der Waals surface area contributed by atoms with E-state index in [4.69, 9.17) is 0 Å².